The van der Waals surface area contributed by atoms with E-state index >= 15 is 0 Å². The van der Waals surface area contributed by atoms with Crippen LogP contribution in [0.25, 0.3) is 5.69 Å². The van der Waals surface area contributed by atoms with Crippen molar-refractivity contribution in [2.75, 3.05) is 0 Å². The van der Waals surface area contributed by atoms with E-state index in [9.17, 15) is 27.6 Å². The number of nitrogens with one attached hydrogen (secondary N) is 2. The number of imide groups is 1. The lowest BCUT2D eigenvalue weighted by molar-refractivity contribution is -0.192. The molecule has 0 radical (unpaired) electrons. The number of hydrogen-bond donors (Lipinski definition) is 3. The van der Waals surface area contributed by atoms with Gasteiger partial charge in [-0.05, 0) is 51.0 Å². The number of aromatic nitrogens is 3. The van der Waals surface area contributed by atoms with Gasteiger partial charge in [-0.2, -0.15) is 13.2 Å². The molecule has 1 fully saturated rings. The number of carboxylic acids is 1. The average Bonchev–Trinajstić information content (AvgIpc) is 3.36. The highest BCUT2D eigenvalue weighted by atomic mass is 19.4. The van der Waals surface area contributed by atoms with Crippen LogP contribution in [0.4, 0.5) is 13.2 Å². The summed E-state index contributed by atoms with van der Waals surface area (Å²) in [7, 11) is 0. The largest absolute Gasteiger partial charge is 0.490 e. The van der Waals surface area contributed by atoms with E-state index in [2.05, 4.69) is 41.7 Å². The van der Waals surface area contributed by atoms with Gasteiger partial charge in [-0.1, -0.05) is 5.21 Å². The van der Waals surface area contributed by atoms with Crippen molar-refractivity contribution >= 4 is 23.7 Å². The van der Waals surface area contributed by atoms with Crippen molar-refractivity contribution in [1.29, 1.82) is 0 Å². The second kappa shape index (κ2) is 10.0. The van der Waals surface area contributed by atoms with Crippen LogP contribution in [-0.2, 0) is 27.5 Å². The molecule has 194 valence electrons. The van der Waals surface area contributed by atoms with Gasteiger partial charge in [0, 0.05) is 30.6 Å². The van der Waals surface area contributed by atoms with E-state index in [1.807, 2.05) is 18.3 Å². The summed E-state index contributed by atoms with van der Waals surface area (Å²) in [6.45, 7) is 7.20. The van der Waals surface area contributed by atoms with Crippen LogP contribution in [0.5, 0.6) is 0 Å². The van der Waals surface area contributed by atoms with Gasteiger partial charge in [-0.3, -0.25) is 19.7 Å². The predicted molar refractivity (Wildman–Crippen MR) is 118 cm³/mol. The summed E-state index contributed by atoms with van der Waals surface area (Å²) in [6.07, 6.45) is -2.63. The minimum atomic E-state index is -5.08. The third kappa shape index (κ3) is 6.44. The van der Waals surface area contributed by atoms with E-state index in [4.69, 9.17) is 9.90 Å². The van der Waals surface area contributed by atoms with Crippen molar-refractivity contribution in [3.63, 3.8) is 0 Å². The normalized spacial score (nSPS) is 17.9. The first-order valence-electron chi connectivity index (χ1n) is 10.9. The molecule has 2 aromatic rings. The van der Waals surface area contributed by atoms with Crippen molar-refractivity contribution in [2.24, 2.45) is 0 Å². The molecule has 1 aromatic carbocycles. The second-order valence-electron chi connectivity index (χ2n) is 9.30. The van der Waals surface area contributed by atoms with Gasteiger partial charge < -0.3 is 15.3 Å². The van der Waals surface area contributed by atoms with E-state index in [0.29, 0.717) is 25.1 Å². The lowest BCUT2D eigenvalue weighted by Gasteiger charge is -2.29. The third-order valence-corrected chi connectivity index (χ3v) is 5.35. The Morgan fingerprint density at radius 2 is 1.89 bits per heavy atom. The molecule has 3 heterocycles. The maximum absolute atomic E-state index is 12.8. The standard InChI is InChI=1S/C20H24N6O3.C2HF3O2/c1-20(2,3)21-9-13-11-26(24-23-13)14-4-5-15-12(8-14)10-25(19(15)29)16-6-7-17(27)22-18(16)28;3-2(4,5)1(6)7/h4-5,8,11,16,21H,6-7,9-10H2,1-3H3,(H,22,27,28);(H,6,7). The molecule has 3 N–H and O–H groups in total. The Bertz CT molecular complexity index is 1190. The van der Waals surface area contributed by atoms with Crippen LogP contribution in [0.3, 0.4) is 0 Å². The maximum Gasteiger partial charge on any atom is 0.490 e. The number of nitrogens with zero attached hydrogens (tertiary/aromatic N) is 4. The Labute approximate surface area is 203 Å². The highest BCUT2D eigenvalue weighted by Crippen LogP contribution is 2.29. The van der Waals surface area contributed by atoms with Crippen LogP contribution >= 0.6 is 0 Å². The molecule has 1 aromatic heterocycles. The zero-order valence-electron chi connectivity index (χ0n) is 19.7. The topological polar surface area (TPSA) is 147 Å². The number of carboxylic acid groups (broad SMARTS) is 1. The molecular weight excluding hydrogens is 485 g/mol. The molecule has 0 spiro atoms. The third-order valence-electron chi connectivity index (χ3n) is 5.35. The van der Waals surface area contributed by atoms with E-state index in [1.54, 1.807) is 10.7 Å². The highest BCUT2D eigenvalue weighted by Gasteiger charge is 2.39. The van der Waals surface area contributed by atoms with Gasteiger partial charge in [0.05, 0.1) is 17.6 Å². The molecule has 2 aliphatic rings. The molecule has 0 aliphatic carbocycles. The fourth-order valence-corrected chi connectivity index (χ4v) is 3.56. The molecular formula is C22H25F3N6O5. The summed E-state index contributed by atoms with van der Waals surface area (Å²) < 4.78 is 33.4. The minimum absolute atomic E-state index is 0.0167. The summed E-state index contributed by atoms with van der Waals surface area (Å²) in [5.74, 6) is -3.64. The first kappa shape index (κ1) is 26.8. The molecule has 1 saturated heterocycles. The number of alkyl halides is 3. The van der Waals surface area contributed by atoms with E-state index in [0.717, 1.165) is 16.9 Å². The van der Waals surface area contributed by atoms with Gasteiger partial charge in [0.25, 0.3) is 5.91 Å². The van der Waals surface area contributed by atoms with Gasteiger partial charge in [0.15, 0.2) is 0 Å². The number of benzene rings is 1. The molecule has 1 atom stereocenters. The smallest absolute Gasteiger partial charge is 0.475 e. The molecule has 14 heteroatoms. The molecule has 3 amide bonds. The first-order chi connectivity index (χ1) is 16.7. The Morgan fingerprint density at radius 3 is 2.47 bits per heavy atom. The Hall–Kier alpha value is -3.81. The average molecular weight is 510 g/mol. The lowest BCUT2D eigenvalue weighted by Crippen LogP contribution is -2.52. The summed E-state index contributed by atoms with van der Waals surface area (Å²) in [5, 5.41) is 21.2. The van der Waals surface area contributed by atoms with Crippen LogP contribution in [-0.4, -0.2) is 66.4 Å². The maximum atomic E-state index is 12.8. The van der Waals surface area contributed by atoms with Gasteiger partial charge in [-0.15, -0.1) is 5.10 Å². The minimum Gasteiger partial charge on any atom is -0.475 e. The van der Waals surface area contributed by atoms with Crippen LogP contribution in [0.1, 0.15) is 55.2 Å². The van der Waals surface area contributed by atoms with Gasteiger partial charge in [0.1, 0.15) is 6.04 Å². The van der Waals surface area contributed by atoms with Gasteiger partial charge in [-0.25, -0.2) is 9.48 Å². The van der Waals surface area contributed by atoms with Gasteiger partial charge in [0.2, 0.25) is 11.8 Å². The van der Waals surface area contributed by atoms with E-state index < -0.39 is 24.1 Å². The quantitative estimate of drug-likeness (QED) is 0.525. The van der Waals surface area contributed by atoms with Crippen LogP contribution < -0.4 is 10.6 Å². The van der Waals surface area contributed by atoms with Crippen molar-refractivity contribution in [1.82, 2.24) is 30.5 Å². The highest BCUT2D eigenvalue weighted by molar-refractivity contribution is 6.05. The molecule has 11 nitrogen and oxygen atoms in total. The SMILES string of the molecule is CC(C)(C)NCc1cn(-c2ccc3c(c2)CN(C2CCC(=O)NC2=O)C3=O)nn1.O=C(O)C(F)(F)F. The number of rotatable bonds is 4. The number of fused-ring (bicyclic) bond motifs is 1. The molecule has 36 heavy (non-hydrogen) atoms. The monoisotopic (exact) mass is 510 g/mol. The molecule has 2 aliphatic heterocycles. The number of carbonyl (C=O) groups excluding carboxylic acids is 3. The Balaban J connectivity index is 0.000000454. The molecule has 0 bridgehead atoms. The Morgan fingerprint density at radius 1 is 1.22 bits per heavy atom. The van der Waals surface area contributed by atoms with Crippen LogP contribution in [0.2, 0.25) is 0 Å². The van der Waals surface area contributed by atoms with Crippen LogP contribution in [0, 0.1) is 0 Å². The van der Waals surface area contributed by atoms with Crippen LogP contribution in [0.15, 0.2) is 24.4 Å². The molecule has 1 unspecified atom stereocenters. The number of aliphatic carboxylic acids is 1. The number of amides is 3. The summed E-state index contributed by atoms with van der Waals surface area (Å²) in [5.41, 5.74) is 3.02. The number of halogens is 3. The second-order valence-corrected chi connectivity index (χ2v) is 9.30. The number of carbonyl (C=O) groups is 4. The van der Waals surface area contributed by atoms with E-state index in [1.165, 1.54) is 4.90 Å². The fraction of sp³-hybridized carbons (Fsp3) is 0.455. The Kier molecular flexibility index (Phi) is 7.48. The zero-order chi connectivity index (χ0) is 26.8. The fourth-order valence-electron chi connectivity index (χ4n) is 3.56. The number of hydrogen-bond acceptors (Lipinski definition) is 7. The van der Waals surface area contributed by atoms with E-state index in [-0.39, 0.29) is 23.8 Å². The lowest BCUT2D eigenvalue weighted by atomic mass is 10.0. The zero-order valence-corrected chi connectivity index (χ0v) is 19.7. The van der Waals surface area contributed by atoms with Crippen molar-refractivity contribution in [2.45, 2.75) is 64.5 Å². The summed E-state index contributed by atoms with van der Waals surface area (Å²) >= 11 is 0. The molecule has 4 rings (SSSR count). The predicted octanol–water partition coefficient (Wildman–Crippen LogP) is 1.55. The molecule has 0 saturated carbocycles. The summed E-state index contributed by atoms with van der Waals surface area (Å²) in [6, 6.07) is 4.86. The van der Waals surface area contributed by atoms with Crippen molar-refractivity contribution in [3.05, 3.63) is 41.2 Å². The van der Waals surface area contributed by atoms with Gasteiger partial charge >= 0.3 is 12.1 Å². The van der Waals surface area contributed by atoms with Crippen molar-refractivity contribution in [3.8, 4) is 5.69 Å². The first-order valence-corrected chi connectivity index (χ1v) is 10.9. The number of piperidine rings is 1. The van der Waals surface area contributed by atoms with Crippen molar-refractivity contribution < 1.29 is 37.5 Å². The summed E-state index contributed by atoms with van der Waals surface area (Å²) in [4.78, 5) is 46.7.